The summed E-state index contributed by atoms with van der Waals surface area (Å²) in [5.74, 6) is -3.04. The summed E-state index contributed by atoms with van der Waals surface area (Å²) in [6.07, 6.45) is 3.26. The Morgan fingerprint density at radius 3 is 2.25 bits per heavy atom. The average molecular weight is 466 g/mol. The third-order valence-corrected chi connectivity index (χ3v) is 7.08. The fourth-order valence-electron chi connectivity index (χ4n) is 3.39. The molecule has 0 aromatic heterocycles. The number of nitrogens with one attached hydrogen (secondary N) is 2. The number of aryl methyl sites for hydroxylation is 1. The van der Waals surface area contributed by atoms with Crippen LogP contribution in [-0.2, 0) is 26.0 Å². The molecule has 2 amide bonds. The lowest BCUT2D eigenvalue weighted by Crippen LogP contribution is -2.35. The lowest BCUT2D eigenvalue weighted by atomic mass is 10.1. The van der Waals surface area contributed by atoms with Crippen molar-refractivity contribution in [3.8, 4) is 0 Å². The van der Waals surface area contributed by atoms with Crippen LogP contribution >= 0.6 is 0 Å². The first-order chi connectivity index (χ1) is 15.3. The van der Waals surface area contributed by atoms with Crippen molar-refractivity contribution in [3.05, 3.63) is 59.7 Å². The second-order valence-corrected chi connectivity index (χ2v) is 9.50. The Bertz CT molecular complexity index is 1070. The molecule has 0 spiro atoms. The number of carbonyl (C=O) groups is 2. The maximum absolute atomic E-state index is 13.2. The molecule has 0 aliphatic carbocycles. The van der Waals surface area contributed by atoms with Gasteiger partial charge in [0.15, 0.2) is 11.6 Å². The predicted molar refractivity (Wildman–Crippen MR) is 115 cm³/mol. The minimum Gasteiger partial charge on any atom is -0.347 e. The first-order valence-electron chi connectivity index (χ1n) is 10.4. The molecule has 7 nitrogen and oxygen atoms in total. The van der Waals surface area contributed by atoms with Gasteiger partial charge >= 0.3 is 0 Å². The Hall–Kier alpha value is -2.85. The van der Waals surface area contributed by atoms with E-state index in [1.165, 1.54) is 10.4 Å². The van der Waals surface area contributed by atoms with Gasteiger partial charge in [0.1, 0.15) is 0 Å². The van der Waals surface area contributed by atoms with Crippen molar-refractivity contribution in [1.82, 2.24) is 9.62 Å². The summed E-state index contributed by atoms with van der Waals surface area (Å²) in [5, 5.41) is 4.82. The molecule has 2 aromatic rings. The van der Waals surface area contributed by atoms with Crippen LogP contribution < -0.4 is 10.6 Å². The number of benzene rings is 2. The van der Waals surface area contributed by atoms with Crippen LogP contribution in [0.1, 0.15) is 31.2 Å². The minimum absolute atomic E-state index is 0.0859. The second kappa shape index (κ2) is 10.6. The monoisotopic (exact) mass is 465 g/mol. The zero-order valence-electron chi connectivity index (χ0n) is 17.4. The van der Waals surface area contributed by atoms with Crippen LogP contribution in [0.3, 0.4) is 0 Å². The van der Waals surface area contributed by atoms with Crippen molar-refractivity contribution in [1.29, 1.82) is 0 Å². The Labute approximate surface area is 185 Å². The van der Waals surface area contributed by atoms with Crippen molar-refractivity contribution in [3.63, 3.8) is 0 Å². The molecule has 10 heteroatoms. The highest BCUT2D eigenvalue weighted by Gasteiger charge is 2.25. The topological polar surface area (TPSA) is 95.6 Å². The van der Waals surface area contributed by atoms with Crippen LogP contribution in [0.2, 0.25) is 0 Å². The molecule has 3 rings (SSSR count). The molecular formula is C22H25F2N3O4S. The first-order valence-corrected chi connectivity index (χ1v) is 11.8. The van der Waals surface area contributed by atoms with E-state index in [2.05, 4.69) is 10.6 Å². The molecule has 2 N–H and O–H groups in total. The number of sulfonamides is 1. The van der Waals surface area contributed by atoms with E-state index in [4.69, 9.17) is 0 Å². The van der Waals surface area contributed by atoms with Gasteiger partial charge in [-0.1, -0.05) is 18.6 Å². The highest BCUT2D eigenvalue weighted by molar-refractivity contribution is 7.89. The van der Waals surface area contributed by atoms with Crippen LogP contribution in [0.15, 0.2) is 47.4 Å². The van der Waals surface area contributed by atoms with E-state index in [-0.39, 0.29) is 29.5 Å². The lowest BCUT2D eigenvalue weighted by molar-refractivity contribution is -0.124. The summed E-state index contributed by atoms with van der Waals surface area (Å²) in [6, 6.07) is 9.42. The van der Waals surface area contributed by atoms with Crippen LogP contribution in [-0.4, -0.2) is 44.2 Å². The van der Waals surface area contributed by atoms with Crippen LogP contribution in [0, 0.1) is 11.6 Å². The highest BCUT2D eigenvalue weighted by atomic mass is 32.2. The molecule has 0 radical (unpaired) electrons. The van der Waals surface area contributed by atoms with Crippen LogP contribution in [0.25, 0.3) is 0 Å². The van der Waals surface area contributed by atoms with E-state index in [1.54, 1.807) is 24.3 Å². The van der Waals surface area contributed by atoms with Crippen molar-refractivity contribution in [2.75, 3.05) is 25.0 Å². The lowest BCUT2D eigenvalue weighted by Gasteiger charge is -2.25. The van der Waals surface area contributed by atoms with E-state index in [9.17, 15) is 26.8 Å². The third kappa shape index (κ3) is 6.33. The maximum Gasteiger partial charge on any atom is 0.243 e. The SMILES string of the molecule is O=C(CCc1ccc(S(=O)(=O)N2CCCCC2)cc1)NCC(=O)Nc1ccc(F)c(F)c1. The molecule has 2 aromatic carbocycles. The fourth-order valence-corrected chi connectivity index (χ4v) is 4.90. The van der Waals surface area contributed by atoms with E-state index in [0.717, 1.165) is 37.0 Å². The van der Waals surface area contributed by atoms with E-state index >= 15 is 0 Å². The minimum atomic E-state index is -3.49. The molecule has 0 unspecified atom stereocenters. The van der Waals surface area contributed by atoms with Gasteiger partial charge in [0, 0.05) is 31.3 Å². The normalized spacial score (nSPS) is 14.7. The standard InChI is InChI=1S/C22H25F2N3O4S/c23-19-10-7-17(14-20(19)24)26-22(29)15-25-21(28)11-6-16-4-8-18(9-5-16)32(30,31)27-12-2-1-3-13-27/h4-5,7-10,14H,1-3,6,11-13,15H2,(H,25,28)(H,26,29). The van der Waals surface area contributed by atoms with Gasteiger partial charge in [-0.15, -0.1) is 0 Å². The molecule has 32 heavy (non-hydrogen) atoms. The van der Waals surface area contributed by atoms with Crippen molar-refractivity contribution < 1.29 is 26.8 Å². The van der Waals surface area contributed by atoms with Gasteiger partial charge in [0.2, 0.25) is 21.8 Å². The number of piperidine rings is 1. The summed E-state index contributed by atoms with van der Waals surface area (Å²) in [6.45, 7) is 0.757. The number of hydrogen-bond donors (Lipinski definition) is 2. The van der Waals surface area contributed by atoms with Gasteiger partial charge in [-0.3, -0.25) is 9.59 Å². The predicted octanol–water partition coefficient (Wildman–Crippen LogP) is 2.83. The van der Waals surface area contributed by atoms with E-state index < -0.39 is 27.6 Å². The summed E-state index contributed by atoms with van der Waals surface area (Å²) in [4.78, 5) is 24.1. The summed E-state index contributed by atoms with van der Waals surface area (Å²) in [7, 11) is -3.49. The number of anilines is 1. The van der Waals surface area contributed by atoms with Gasteiger partial charge in [0.25, 0.3) is 0 Å². The van der Waals surface area contributed by atoms with Crippen LogP contribution in [0.5, 0.6) is 0 Å². The first kappa shape index (κ1) is 23.8. The molecule has 1 fully saturated rings. The highest BCUT2D eigenvalue weighted by Crippen LogP contribution is 2.21. The summed E-state index contributed by atoms with van der Waals surface area (Å²) >= 11 is 0. The Balaban J connectivity index is 1.44. The van der Waals surface area contributed by atoms with Gasteiger partial charge in [-0.2, -0.15) is 4.31 Å². The van der Waals surface area contributed by atoms with E-state index in [0.29, 0.717) is 19.5 Å². The fraction of sp³-hybridized carbons (Fsp3) is 0.364. The molecule has 1 aliphatic heterocycles. The molecule has 1 aliphatic rings. The number of amides is 2. The largest absolute Gasteiger partial charge is 0.347 e. The molecule has 172 valence electrons. The Morgan fingerprint density at radius 1 is 0.906 bits per heavy atom. The quantitative estimate of drug-likeness (QED) is 0.627. The van der Waals surface area contributed by atoms with Gasteiger partial charge in [-0.25, -0.2) is 17.2 Å². The number of rotatable bonds is 8. The van der Waals surface area contributed by atoms with Crippen molar-refractivity contribution in [2.45, 2.75) is 37.0 Å². The number of halogens is 2. The molecule has 0 saturated carbocycles. The molecular weight excluding hydrogens is 440 g/mol. The van der Waals surface area contributed by atoms with Crippen molar-refractivity contribution in [2.24, 2.45) is 0 Å². The number of hydrogen-bond acceptors (Lipinski definition) is 4. The zero-order valence-corrected chi connectivity index (χ0v) is 18.3. The molecule has 0 atom stereocenters. The summed E-state index contributed by atoms with van der Waals surface area (Å²) in [5.41, 5.74) is 0.881. The number of carbonyl (C=O) groups excluding carboxylic acids is 2. The molecule has 1 heterocycles. The van der Waals surface area contributed by atoms with E-state index in [1.807, 2.05) is 0 Å². The Kier molecular flexibility index (Phi) is 7.92. The van der Waals surface area contributed by atoms with Gasteiger partial charge in [-0.05, 0) is 49.1 Å². The maximum atomic E-state index is 13.2. The Morgan fingerprint density at radius 2 is 1.59 bits per heavy atom. The zero-order chi connectivity index (χ0) is 23.1. The molecule has 0 bridgehead atoms. The smallest absolute Gasteiger partial charge is 0.243 e. The van der Waals surface area contributed by atoms with Gasteiger partial charge in [0.05, 0.1) is 11.4 Å². The average Bonchev–Trinajstić information content (AvgIpc) is 2.79. The van der Waals surface area contributed by atoms with Gasteiger partial charge < -0.3 is 10.6 Å². The van der Waals surface area contributed by atoms with Crippen LogP contribution in [0.4, 0.5) is 14.5 Å². The molecule has 1 saturated heterocycles. The second-order valence-electron chi connectivity index (χ2n) is 7.56. The third-order valence-electron chi connectivity index (χ3n) is 5.17. The number of nitrogens with zero attached hydrogens (tertiary/aromatic N) is 1. The van der Waals surface area contributed by atoms with Crippen molar-refractivity contribution >= 4 is 27.5 Å². The summed E-state index contributed by atoms with van der Waals surface area (Å²) < 4.78 is 52.9.